The second kappa shape index (κ2) is 6.13. The molecule has 2 atom stereocenters. The summed E-state index contributed by atoms with van der Waals surface area (Å²) in [5.41, 5.74) is 0.900. The summed E-state index contributed by atoms with van der Waals surface area (Å²) >= 11 is 0. The van der Waals surface area contributed by atoms with Crippen LogP contribution in [0, 0.1) is 11.8 Å². The lowest BCUT2D eigenvalue weighted by Gasteiger charge is -2.34. The fourth-order valence-electron chi connectivity index (χ4n) is 3.32. The lowest BCUT2D eigenvalue weighted by atomic mass is 9.92. The lowest BCUT2D eigenvalue weighted by Crippen LogP contribution is -2.45. The number of sulfonamides is 1. The lowest BCUT2D eigenvalue weighted by molar-refractivity contribution is -0.143. The molecule has 7 heteroatoms. The van der Waals surface area contributed by atoms with E-state index in [1.165, 1.54) is 4.31 Å². The van der Waals surface area contributed by atoms with Crippen LogP contribution >= 0.6 is 0 Å². The predicted molar refractivity (Wildman–Crippen MR) is 83.9 cm³/mol. The number of rotatable bonds is 3. The molecule has 0 saturated carbocycles. The summed E-state index contributed by atoms with van der Waals surface area (Å²) in [7, 11) is -3.68. The number of hydrogen-bond acceptors (Lipinski definition) is 4. The van der Waals surface area contributed by atoms with E-state index in [1.807, 2.05) is 6.92 Å². The highest BCUT2D eigenvalue weighted by Gasteiger charge is 2.36. The largest absolute Gasteiger partial charge is 0.493 e. The maximum absolute atomic E-state index is 12.9. The second-order valence-corrected chi connectivity index (χ2v) is 8.36. The summed E-state index contributed by atoms with van der Waals surface area (Å²) in [4.78, 5) is 11.5. The van der Waals surface area contributed by atoms with Crippen molar-refractivity contribution in [2.75, 3.05) is 19.7 Å². The molecule has 0 spiro atoms. The highest BCUT2D eigenvalue weighted by Crippen LogP contribution is 2.31. The zero-order valence-corrected chi connectivity index (χ0v) is 13.9. The Labute approximate surface area is 136 Å². The fraction of sp³-hybridized carbons (Fsp3) is 0.562. The number of fused-ring (bicyclic) bond motifs is 1. The molecule has 1 aromatic carbocycles. The van der Waals surface area contributed by atoms with Gasteiger partial charge in [-0.25, -0.2) is 8.42 Å². The smallest absolute Gasteiger partial charge is 0.307 e. The molecule has 2 heterocycles. The number of ether oxygens (including phenoxy) is 1. The first-order valence-electron chi connectivity index (χ1n) is 7.86. The van der Waals surface area contributed by atoms with Crippen LogP contribution in [0.15, 0.2) is 23.1 Å². The molecule has 0 bridgehead atoms. The minimum atomic E-state index is -3.68. The van der Waals surface area contributed by atoms with Gasteiger partial charge in [0, 0.05) is 13.1 Å². The maximum Gasteiger partial charge on any atom is 0.307 e. The van der Waals surface area contributed by atoms with Crippen molar-refractivity contribution >= 4 is 16.0 Å². The zero-order chi connectivity index (χ0) is 16.6. The predicted octanol–water partition coefficient (Wildman–Crippen LogP) is 1.74. The Morgan fingerprint density at radius 3 is 2.87 bits per heavy atom. The molecule has 1 aromatic rings. The van der Waals surface area contributed by atoms with Crippen LogP contribution in [0.1, 0.15) is 25.3 Å². The SMILES string of the molecule is CC1CC(C(=O)O)CN(S(=O)(=O)c2ccc3c(c2)CCCO3)C1. The van der Waals surface area contributed by atoms with Crippen molar-refractivity contribution in [2.45, 2.75) is 31.1 Å². The van der Waals surface area contributed by atoms with E-state index in [0.717, 1.165) is 24.2 Å². The highest BCUT2D eigenvalue weighted by molar-refractivity contribution is 7.89. The van der Waals surface area contributed by atoms with Gasteiger partial charge in [-0.2, -0.15) is 4.31 Å². The Kier molecular flexibility index (Phi) is 4.33. The fourth-order valence-corrected chi connectivity index (χ4v) is 4.98. The molecule has 2 aliphatic rings. The molecule has 2 unspecified atom stereocenters. The first kappa shape index (κ1) is 16.3. The van der Waals surface area contributed by atoms with Crippen LogP contribution in [0.25, 0.3) is 0 Å². The normalized spacial score (nSPS) is 25.4. The first-order chi connectivity index (χ1) is 10.9. The third-order valence-electron chi connectivity index (χ3n) is 4.49. The molecule has 0 amide bonds. The number of piperidine rings is 1. The van der Waals surface area contributed by atoms with E-state index in [2.05, 4.69) is 0 Å². The number of aliphatic carboxylic acids is 1. The Morgan fingerprint density at radius 2 is 2.13 bits per heavy atom. The van der Waals surface area contributed by atoms with Crippen LogP contribution in [0.3, 0.4) is 0 Å². The zero-order valence-electron chi connectivity index (χ0n) is 13.1. The summed E-state index contributed by atoms with van der Waals surface area (Å²) < 4.78 is 32.6. The third-order valence-corrected chi connectivity index (χ3v) is 6.32. The van der Waals surface area contributed by atoms with Gasteiger partial charge in [0.25, 0.3) is 0 Å². The monoisotopic (exact) mass is 339 g/mol. The van der Waals surface area contributed by atoms with Crippen molar-refractivity contribution in [3.05, 3.63) is 23.8 Å². The minimum Gasteiger partial charge on any atom is -0.493 e. The number of carbonyl (C=O) groups is 1. The minimum absolute atomic E-state index is 0.0283. The summed E-state index contributed by atoms with van der Waals surface area (Å²) in [6.45, 7) is 2.94. The second-order valence-electron chi connectivity index (χ2n) is 6.42. The summed E-state index contributed by atoms with van der Waals surface area (Å²) in [6, 6.07) is 4.91. The van der Waals surface area contributed by atoms with Gasteiger partial charge in [0.15, 0.2) is 0 Å². The van der Waals surface area contributed by atoms with E-state index in [-0.39, 0.29) is 17.4 Å². The van der Waals surface area contributed by atoms with Crippen LogP contribution in [0.4, 0.5) is 0 Å². The Hall–Kier alpha value is -1.60. The molecule has 1 N–H and O–H groups in total. The number of carboxylic acids is 1. The van der Waals surface area contributed by atoms with Crippen LogP contribution in [-0.4, -0.2) is 43.5 Å². The maximum atomic E-state index is 12.9. The van der Waals surface area contributed by atoms with E-state index >= 15 is 0 Å². The first-order valence-corrected chi connectivity index (χ1v) is 9.30. The van der Waals surface area contributed by atoms with E-state index in [4.69, 9.17) is 4.74 Å². The van der Waals surface area contributed by atoms with Crippen LogP contribution < -0.4 is 4.74 Å². The molecule has 6 nitrogen and oxygen atoms in total. The number of benzene rings is 1. The molecule has 3 rings (SSSR count). The van der Waals surface area contributed by atoms with Crippen LogP contribution in [-0.2, 0) is 21.2 Å². The Balaban J connectivity index is 1.90. The van der Waals surface area contributed by atoms with Gasteiger partial charge in [0.05, 0.1) is 17.4 Å². The standard InChI is InChI=1S/C16H21NO5S/c1-11-7-13(16(18)19)10-17(9-11)23(20,21)14-4-5-15-12(8-14)3-2-6-22-15/h4-5,8,11,13H,2-3,6-7,9-10H2,1H3,(H,18,19). The Bertz CT molecular complexity index is 715. The van der Waals surface area contributed by atoms with Gasteiger partial charge in [-0.15, -0.1) is 0 Å². The van der Waals surface area contributed by atoms with Crippen molar-refractivity contribution in [1.82, 2.24) is 4.31 Å². The van der Waals surface area contributed by atoms with Gasteiger partial charge < -0.3 is 9.84 Å². The quantitative estimate of drug-likeness (QED) is 0.907. The molecule has 0 radical (unpaired) electrons. The van der Waals surface area contributed by atoms with Gasteiger partial charge in [0.1, 0.15) is 5.75 Å². The number of aryl methyl sites for hydroxylation is 1. The molecular formula is C16H21NO5S. The van der Waals surface area contributed by atoms with Gasteiger partial charge in [0.2, 0.25) is 10.0 Å². The topological polar surface area (TPSA) is 83.9 Å². The molecule has 23 heavy (non-hydrogen) atoms. The molecule has 1 saturated heterocycles. The van der Waals surface area contributed by atoms with Crippen molar-refractivity contribution in [3.63, 3.8) is 0 Å². The van der Waals surface area contributed by atoms with E-state index < -0.39 is 21.9 Å². The van der Waals surface area contributed by atoms with Gasteiger partial charge in [-0.3, -0.25) is 4.79 Å². The van der Waals surface area contributed by atoms with Crippen LogP contribution in [0.5, 0.6) is 5.75 Å². The van der Waals surface area contributed by atoms with Gasteiger partial charge in [-0.05, 0) is 48.9 Å². The number of nitrogens with zero attached hydrogens (tertiary/aromatic N) is 1. The van der Waals surface area contributed by atoms with Gasteiger partial charge in [-0.1, -0.05) is 6.92 Å². The molecule has 2 aliphatic heterocycles. The summed E-state index contributed by atoms with van der Waals surface area (Å²) in [5, 5.41) is 9.23. The van der Waals surface area contributed by atoms with Gasteiger partial charge >= 0.3 is 5.97 Å². The number of hydrogen-bond donors (Lipinski definition) is 1. The summed E-state index contributed by atoms with van der Waals surface area (Å²) in [6.07, 6.45) is 2.19. The van der Waals surface area contributed by atoms with Crippen molar-refractivity contribution in [2.24, 2.45) is 11.8 Å². The average molecular weight is 339 g/mol. The van der Waals surface area contributed by atoms with E-state index in [0.29, 0.717) is 19.6 Å². The molecular weight excluding hydrogens is 318 g/mol. The Morgan fingerprint density at radius 1 is 1.35 bits per heavy atom. The third kappa shape index (κ3) is 3.21. The van der Waals surface area contributed by atoms with E-state index in [9.17, 15) is 18.3 Å². The molecule has 126 valence electrons. The summed E-state index contributed by atoms with van der Waals surface area (Å²) in [5.74, 6) is -0.809. The number of carboxylic acid groups (broad SMARTS) is 1. The van der Waals surface area contributed by atoms with Crippen molar-refractivity contribution in [1.29, 1.82) is 0 Å². The molecule has 0 aromatic heterocycles. The van der Waals surface area contributed by atoms with E-state index in [1.54, 1.807) is 18.2 Å². The van der Waals surface area contributed by atoms with Crippen molar-refractivity contribution < 1.29 is 23.1 Å². The molecule has 0 aliphatic carbocycles. The average Bonchev–Trinajstić information content (AvgIpc) is 2.53. The van der Waals surface area contributed by atoms with Crippen LogP contribution in [0.2, 0.25) is 0 Å². The van der Waals surface area contributed by atoms with Crippen molar-refractivity contribution in [3.8, 4) is 5.75 Å². The molecule has 1 fully saturated rings. The highest BCUT2D eigenvalue weighted by atomic mass is 32.2.